The molecule has 1 aliphatic rings. The van der Waals surface area contributed by atoms with Gasteiger partial charge in [-0.25, -0.2) is 0 Å². The molecule has 1 nitrogen and oxygen atoms in total. The highest BCUT2D eigenvalue weighted by molar-refractivity contribution is 6.22. The fourth-order valence-electron chi connectivity index (χ4n) is 8.22. The summed E-state index contributed by atoms with van der Waals surface area (Å²) in [5.41, 5.74) is 11.3. The summed E-state index contributed by atoms with van der Waals surface area (Å²) in [5.74, 6) is 0. The molecule has 1 heteroatoms. The number of hydrogen-bond donors (Lipinski definition) is 0. The molecule has 0 atom stereocenters. The molecule has 9 aromatic rings. The molecule has 0 bridgehead atoms. The molecule has 1 heterocycles. The second-order valence-corrected chi connectivity index (χ2v) is 13.1. The maximum Gasteiger partial charge on any atom is 0.0541 e. The van der Waals surface area contributed by atoms with Gasteiger partial charge in [0, 0.05) is 16.5 Å². The van der Waals surface area contributed by atoms with Gasteiger partial charge in [0.05, 0.1) is 11.0 Å². The normalized spacial score (nSPS) is 13.2. The van der Waals surface area contributed by atoms with Crippen molar-refractivity contribution in [2.45, 2.75) is 12.8 Å². The van der Waals surface area contributed by atoms with Gasteiger partial charge in [-0.15, -0.1) is 0 Å². The van der Waals surface area contributed by atoms with E-state index in [0.717, 1.165) is 12.8 Å². The molecule has 0 aliphatic heterocycles. The molecule has 230 valence electrons. The summed E-state index contributed by atoms with van der Waals surface area (Å²) in [4.78, 5) is 0. The fourth-order valence-corrected chi connectivity index (χ4v) is 8.22. The largest absolute Gasteiger partial charge is 0.310 e. The van der Waals surface area contributed by atoms with Crippen molar-refractivity contribution in [3.63, 3.8) is 0 Å². The Morgan fingerprint density at radius 2 is 0.939 bits per heavy atom. The van der Waals surface area contributed by atoms with Gasteiger partial charge in [0.2, 0.25) is 0 Å². The van der Waals surface area contributed by atoms with Gasteiger partial charge in [-0.2, -0.15) is 0 Å². The van der Waals surface area contributed by atoms with Crippen LogP contribution in [-0.4, -0.2) is 4.57 Å². The van der Waals surface area contributed by atoms with Crippen molar-refractivity contribution in [2.75, 3.05) is 0 Å². The van der Waals surface area contributed by atoms with Crippen molar-refractivity contribution in [3.05, 3.63) is 176 Å². The molecule has 1 aliphatic carbocycles. The van der Waals surface area contributed by atoms with Crippen molar-refractivity contribution < 1.29 is 0 Å². The van der Waals surface area contributed by atoms with E-state index in [1.165, 1.54) is 93.2 Å². The number of para-hydroxylation sites is 1. The predicted molar refractivity (Wildman–Crippen MR) is 211 cm³/mol. The van der Waals surface area contributed by atoms with E-state index < -0.39 is 0 Å². The average Bonchev–Trinajstić information content (AvgIpc) is 3.51. The number of allylic oxidation sites excluding steroid dienone is 4. The summed E-state index contributed by atoms with van der Waals surface area (Å²) >= 11 is 0. The van der Waals surface area contributed by atoms with Crippen LogP contribution in [0.5, 0.6) is 0 Å². The Hall–Kier alpha value is -6.18. The standard InChI is InChI=1S/C48H33N/c1-2-15-36(16-3-1)49-45-24-11-10-18-39(45)44-31-35(29-30-46(44)49)48-42-21-8-6-19-40(42)47(41-20-7-9-22-43(41)48)34-27-25-33(26-28-34)38-23-12-14-32-13-4-5-17-37(32)38/h2,4-31H,1,3H2. The Balaban J connectivity index is 1.18. The summed E-state index contributed by atoms with van der Waals surface area (Å²) in [7, 11) is 0. The molecule has 49 heavy (non-hydrogen) atoms. The van der Waals surface area contributed by atoms with Crippen LogP contribution in [0.1, 0.15) is 12.8 Å². The van der Waals surface area contributed by atoms with Crippen molar-refractivity contribution >= 4 is 59.8 Å². The van der Waals surface area contributed by atoms with Crippen LogP contribution in [0, 0.1) is 0 Å². The third-order valence-electron chi connectivity index (χ3n) is 10.4. The Kier molecular flexibility index (Phi) is 6.38. The highest BCUT2D eigenvalue weighted by Gasteiger charge is 2.19. The van der Waals surface area contributed by atoms with Gasteiger partial charge in [0.1, 0.15) is 0 Å². The fraction of sp³-hybridized carbons (Fsp3) is 0.0417. The maximum absolute atomic E-state index is 2.44. The van der Waals surface area contributed by atoms with Gasteiger partial charge in [0.15, 0.2) is 0 Å². The minimum atomic E-state index is 1.08. The Morgan fingerprint density at radius 1 is 0.388 bits per heavy atom. The molecule has 1 aromatic heterocycles. The van der Waals surface area contributed by atoms with Crippen LogP contribution in [-0.2, 0) is 0 Å². The number of aromatic nitrogens is 1. The molecule has 0 radical (unpaired) electrons. The third kappa shape index (κ3) is 4.40. The summed E-state index contributed by atoms with van der Waals surface area (Å²) in [6.45, 7) is 0. The molecule has 0 saturated heterocycles. The Labute approximate surface area is 285 Å². The van der Waals surface area contributed by atoms with E-state index in [9.17, 15) is 0 Å². The third-order valence-corrected chi connectivity index (χ3v) is 10.4. The number of fused-ring (bicyclic) bond motifs is 6. The van der Waals surface area contributed by atoms with E-state index in [4.69, 9.17) is 0 Å². The van der Waals surface area contributed by atoms with Gasteiger partial charge in [0.25, 0.3) is 0 Å². The SMILES string of the molecule is C1=CC(n2c3ccccc3c3cc(-c4c5ccccc5c(-c5ccc(-c6cccc7ccccc67)cc5)c5ccccc45)ccc32)=CCC1. The topological polar surface area (TPSA) is 4.93 Å². The first-order valence-electron chi connectivity index (χ1n) is 17.3. The average molecular weight is 624 g/mol. The molecule has 0 fully saturated rings. The monoisotopic (exact) mass is 623 g/mol. The molecular weight excluding hydrogens is 591 g/mol. The van der Waals surface area contributed by atoms with Crippen molar-refractivity contribution in [3.8, 4) is 33.4 Å². The zero-order chi connectivity index (χ0) is 32.3. The highest BCUT2D eigenvalue weighted by Crippen LogP contribution is 2.45. The number of benzene rings is 8. The molecular formula is C48H33N. The summed E-state index contributed by atoms with van der Waals surface area (Å²) in [6.07, 6.45) is 9.12. The number of hydrogen-bond acceptors (Lipinski definition) is 0. The number of nitrogens with zero attached hydrogens (tertiary/aromatic N) is 1. The number of rotatable bonds is 4. The molecule has 8 aromatic carbocycles. The van der Waals surface area contributed by atoms with E-state index in [1.807, 2.05) is 0 Å². The van der Waals surface area contributed by atoms with E-state index in [0.29, 0.717) is 0 Å². The molecule has 0 saturated carbocycles. The van der Waals surface area contributed by atoms with Crippen molar-refractivity contribution in [2.24, 2.45) is 0 Å². The van der Waals surface area contributed by atoms with Crippen LogP contribution >= 0.6 is 0 Å². The van der Waals surface area contributed by atoms with Crippen molar-refractivity contribution in [1.82, 2.24) is 4.57 Å². The van der Waals surface area contributed by atoms with Gasteiger partial charge in [-0.3, -0.25) is 0 Å². The molecule has 0 spiro atoms. The minimum Gasteiger partial charge on any atom is -0.310 e. The Morgan fingerprint density at radius 3 is 1.63 bits per heavy atom. The van der Waals surface area contributed by atoms with Gasteiger partial charge >= 0.3 is 0 Å². The first-order valence-corrected chi connectivity index (χ1v) is 17.3. The zero-order valence-corrected chi connectivity index (χ0v) is 27.1. The van der Waals surface area contributed by atoms with E-state index in [1.54, 1.807) is 0 Å². The first-order chi connectivity index (χ1) is 24.3. The first kappa shape index (κ1) is 27.9. The van der Waals surface area contributed by atoms with Crippen LogP contribution in [0.15, 0.2) is 176 Å². The van der Waals surface area contributed by atoms with Crippen LogP contribution in [0.2, 0.25) is 0 Å². The van der Waals surface area contributed by atoms with Gasteiger partial charge in [-0.05, 0) is 103 Å². The summed E-state index contributed by atoms with van der Waals surface area (Å²) in [5, 5.41) is 10.2. The minimum absolute atomic E-state index is 1.08. The quantitative estimate of drug-likeness (QED) is 0.172. The summed E-state index contributed by atoms with van der Waals surface area (Å²) in [6, 6.07) is 58.2. The van der Waals surface area contributed by atoms with Crippen LogP contribution in [0.25, 0.3) is 93.2 Å². The molecule has 0 unspecified atom stereocenters. The van der Waals surface area contributed by atoms with Crippen molar-refractivity contribution in [1.29, 1.82) is 0 Å². The molecule has 10 rings (SSSR count). The summed E-state index contributed by atoms with van der Waals surface area (Å²) < 4.78 is 2.44. The predicted octanol–water partition coefficient (Wildman–Crippen LogP) is 13.4. The van der Waals surface area contributed by atoms with Gasteiger partial charge < -0.3 is 4.57 Å². The lowest BCUT2D eigenvalue weighted by atomic mass is 9.85. The highest BCUT2D eigenvalue weighted by atomic mass is 15.0. The van der Waals surface area contributed by atoms with E-state index in [-0.39, 0.29) is 0 Å². The lowest BCUT2D eigenvalue weighted by molar-refractivity contribution is 1.02. The van der Waals surface area contributed by atoms with Crippen LogP contribution in [0.4, 0.5) is 0 Å². The van der Waals surface area contributed by atoms with Crippen LogP contribution < -0.4 is 0 Å². The Bertz CT molecular complexity index is 2750. The van der Waals surface area contributed by atoms with Crippen LogP contribution in [0.3, 0.4) is 0 Å². The van der Waals surface area contributed by atoms with E-state index in [2.05, 4.69) is 181 Å². The second kappa shape index (κ2) is 11.2. The molecule has 0 amide bonds. The van der Waals surface area contributed by atoms with Gasteiger partial charge in [-0.1, -0.05) is 152 Å². The maximum atomic E-state index is 2.44. The smallest absolute Gasteiger partial charge is 0.0541 e. The zero-order valence-electron chi connectivity index (χ0n) is 27.1. The lowest BCUT2D eigenvalue weighted by Crippen LogP contribution is -1.97. The second-order valence-electron chi connectivity index (χ2n) is 13.1. The van der Waals surface area contributed by atoms with E-state index >= 15 is 0 Å². The molecule has 0 N–H and O–H groups in total. The lowest BCUT2D eigenvalue weighted by Gasteiger charge is -2.18.